The molecule has 1 aliphatic heterocycles. The van der Waals surface area contributed by atoms with Crippen LogP contribution in [0.3, 0.4) is 0 Å². The third kappa shape index (κ3) is 4.38. The van der Waals surface area contributed by atoms with Crippen LogP contribution in [-0.2, 0) is 4.79 Å². The van der Waals surface area contributed by atoms with Gasteiger partial charge in [0, 0.05) is 29.9 Å². The molecule has 1 saturated heterocycles. The van der Waals surface area contributed by atoms with E-state index in [1.165, 1.54) is 0 Å². The summed E-state index contributed by atoms with van der Waals surface area (Å²) in [6, 6.07) is 14.8. The molecule has 5 rings (SSSR count). The molecule has 1 aromatic carbocycles. The van der Waals surface area contributed by atoms with E-state index in [1.807, 2.05) is 47.2 Å². The molecule has 1 N–H and O–H groups in total. The molecule has 168 valence electrons. The predicted molar refractivity (Wildman–Crippen MR) is 132 cm³/mol. The Morgan fingerprint density at radius 2 is 2.00 bits per heavy atom. The number of pyridine rings is 1. The van der Waals surface area contributed by atoms with E-state index < -0.39 is 0 Å². The van der Waals surface area contributed by atoms with Crippen LogP contribution in [-0.4, -0.2) is 39.2 Å². The number of hydrogen-bond acceptors (Lipinski definition) is 4. The summed E-state index contributed by atoms with van der Waals surface area (Å²) in [6.07, 6.45) is 3.45. The van der Waals surface area contributed by atoms with E-state index in [0.29, 0.717) is 29.5 Å². The third-order valence-corrected chi connectivity index (χ3v) is 7.08. The largest absolute Gasteiger partial charge is 0.338 e. The highest BCUT2D eigenvalue weighted by Crippen LogP contribution is 2.33. The van der Waals surface area contributed by atoms with Crippen LogP contribution in [0.4, 0.5) is 5.82 Å². The molecular formula is C25H23ClN4O2S. The first-order chi connectivity index (χ1) is 16.0. The number of amides is 2. The van der Waals surface area contributed by atoms with Crippen LogP contribution in [0.2, 0.25) is 5.02 Å². The predicted octanol–water partition coefficient (Wildman–Crippen LogP) is 5.52. The Hall–Kier alpha value is -3.16. The number of nitrogens with zero attached hydrogens (tertiary/aromatic N) is 3. The number of rotatable bonds is 4. The average molecular weight is 479 g/mol. The van der Waals surface area contributed by atoms with Crippen molar-refractivity contribution < 1.29 is 9.59 Å². The minimum absolute atomic E-state index is 0.0753. The molecule has 3 aromatic heterocycles. The quantitative estimate of drug-likeness (QED) is 0.420. The standard InChI is InChI=1S/C25H23ClN4O2S/c1-16-10-12-30-21(14-16)27-22(20-5-3-13-33-20)23(30)28-24(31)18-4-2-11-29(15-18)25(32)17-6-8-19(26)9-7-17/h3,5-10,12-14,18H,2,4,11,15H2,1H3,(H,28,31). The van der Waals surface area contributed by atoms with Crippen LogP contribution in [0, 0.1) is 12.8 Å². The molecule has 0 saturated carbocycles. The van der Waals surface area contributed by atoms with Crippen molar-refractivity contribution in [2.75, 3.05) is 18.4 Å². The summed E-state index contributed by atoms with van der Waals surface area (Å²) in [7, 11) is 0. The van der Waals surface area contributed by atoms with E-state index in [4.69, 9.17) is 16.6 Å². The summed E-state index contributed by atoms with van der Waals surface area (Å²) in [5, 5.41) is 5.72. The van der Waals surface area contributed by atoms with Gasteiger partial charge in [0.1, 0.15) is 17.2 Å². The second-order valence-electron chi connectivity index (χ2n) is 8.31. The highest BCUT2D eigenvalue weighted by Gasteiger charge is 2.30. The van der Waals surface area contributed by atoms with Crippen molar-refractivity contribution >= 4 is 46.2 Å². The Morgan fingerprint density at radius 1 is 1.18 bits per heavy atom. The first kappa shape index (κ1) is 21.7. The number of imidazole rings is 1. The zero-order valence-electron chi connectivity index (χ0n) is 18.1. The molecular weight excluding hydrogens is 456 g/mol. The number of nitrogens with one attached hydrogen (secondary N) is 1. The Kier molecular flexibility index (Phi) is 5.91. The molecule has 4 aromatic rings. The molecule has 1 fully saturated rings. The van der Waals surface area contributed by atoms with Crippen molar-refractivity contribution in [2.45, 2.75) is 19.8 Å². The van der Waals surface area contributed by atoms with Crippen LogP contribution in [0.5, 0.6) is 0 Å². The molecule has 0 radical (unpaired) electrons. The van der Waals surface area contributed by atoms with Gasteiger partial charge in [0.2, 0.25) is 5.91 Å². The molecule has 0 aliphatic carbocycles. The van der Waals surface area contributed by atoms with Gasteiger partial charge in [-0.3, -0.25) is 14.0 Å². The maximum atomic E-state index is 13.3. The van der Waals surface area contributed by atoms with Crippen molar-refractivity contribution in [1.82, 2.24) is 14.3 Å². The minimum atomic E-state index is -0.290. The smallest absolute Gasteiger partial charge is 0.253 e. The highest BCUT2D eigenvalue weighted by molar-refractivity contribution is 7.13. The molecule has 1 unspecified atom stereocenters. The lowest BCUT2D eigenvalue weighted by atomic mass is 9.96. The number of halogens is 1. The molecule has 1 atom stereocenters. The van der Waals surface area contributed by atoms with E-state index >= 15 is 0 Å². The van der Waals surface area contributed by atoms with Crippen LogP contribution < -0.4 is 5.32 Å². The third-order valence-electron chi connectivity index (χ3n) is 5.95. The summed E-state index contributed by atoms with van der Waals surface area (Å²) in [4.78, 5) is 33.8. The molecule has 0 spiro atoms. The number of likely N-dealkylation sites (tertiary alicyclic amines) is 1. The van der Waals surface area contributed by atoms with Crippen LogP contribution in [0.15, 0.2) is 60.1 Å². The summed E-state index contributed by atoms with van der Waals surface area (Å²) >= 11 is 7.54. The molecule has 1 aliphatic rings. The van der Waals surface area contributed by atoms with Gasteiger partial charge >= 0.3 is 0 Å². The van der Waals surface area contributed by atoms with Gasteiger partial charge in [-0.1, -0.05) is 17.7 Å². The summed E-state index contributed by atoms with van der Waals surface area (Å²) in [6.45, 7) is 3.05. The fourth-order valence-electron chi connectivity index (χ4n) is 4.22. The van der Waals surface area contributed by atoms with Crippen LogP contribution in [0.25, 0.3) is 16.2 Å². The molecule has 8 heteroatoms. The lowest BCUT2D eigenvalue weighted by Crippen LogP contribution is -2.43. The van der Waals surface area contributed by atoms with Crippen LogP contribution in [0.1, 0.15) is 28.8 Å². The molecule has 4 heterocycles. The fourth-order valence-corrected chi connectivity index (χ4v) is 5.06. The van der Waals surface area contributed by atoms with Crippen LogP contribution >= 0.6 is 22.9 Å². The fraction of sp³-hybridized carbons (Fsp3) is 0.240. The molecule has 2 amide bonds. The maximum absolute atomic E-state index is 13.3. The second kappa shape index (κ2) is 9.00. The number of anilines is 1. The SMILES string of the molecule is Cc1ccn2c(NC(=O)C3CCCN(C(=O)c4ccc(Cl)cc4)C3)c(-c3cccs3)nc2c1. The number of carbonyl (C=O) groups excluding carboxylic acids is 2. The van der Waals surface area contributed by atoms with Crippen molar-refractivity contribution in [3.63, 3.8) is 0 Å². The Morgan fingerprint density at radius 3 is 2.76 bits per heavy atom. The Balaban J connectivity index is 1.39. The second-order valence-corrected chi connectivity index (χ2v) is 9.69. The van der Waals surface area contributed by atoms with Crippen molar-refractivity contribution in [2.24, 2.45) is 5.92 Å². The number of hydrogen-bond donors (Lipinski definition) is 1. The normalized spacial score (nSPS) is 16.2. The zero-order chi connectivity index (χ0) is 22.9. The van der Waals surface area contributed by atoms with Gasteiger partial charge in [-0.25, -0.2) is 4.98 Å². The Bertz CT molecular complexity index is 1310. The van der Waals surface area contributed by atoms with Crippen molar-refractivity contribution in [3.05, 3.63) is 76.3 Å². The molecule has 0 bridgehead atoms. The first-order valence-electron chi connectivity index (χ1n) is 10.9. The number of aromatic nitrogens is 2. The number of piperidine rings is 1. The Labute approximate surface area is 200 Å². The summed E-state index contributed by atoms with van der Waals surface area (Å²) in [5.74, 6) is 0.207. The number of carbonyl (C=O) groups is 2. The van der Waals surface area contributed by atoms with E-state index in [1.54, 1.807) is 40.5 Å². The first-order valence-corrected chi connectivity index (χ1v) is 12.1. The number of benzene rings is 1. The lowest BCUT2D eigenvalue weighted by Gasteiger charge is -2.32. The van der Waals surface area contributed by atoms with E-state index in [-0.39, 0.29) is 17.7 Å². The van der Waals surface area contributed by atoms with Gasteiger partial charge in [0.05, 0.1) is 10.8 Å². The monoisotopic (exact) mass is 478 g/mol. The number of fused-ring (bicyclic) bond motifs is 1. The average Bonchev–Trinajstić information content (AvgIpc) is 3.47. The minimum Gasteiger partial charge on any atom is -0.338 e. The topological polar surface area (TPSA) is 66.7 Å². The van der Waals surface area contributed by atoms with Gasteiger partial charge < -0.3 is 10.2 Å². The van der Waals surface area contributed by atoms with E-state index in [2.05, 4.69) is 5.32 Å². The molecule has 33 heavy (non-hydrogen) atoms. The molecule has 6 nitrogen and oxygen atoms in total. The van der Waals surface area contributed by atoms with Gasteiger partial charge in [-0.05, 0) is 73.2 Å². The number of thiophene rings is 1. The van der Waals surface area contributed by atoms with Crippen molar-refractivity contribution in [3.8, 4) is 10.6 Å². The van der Waals surface area contributed by atoms with Gasteiger partial charge in [0.15, 0.2) is 0 Å². The maximum Gasteiger partial charge on any atom is 0.253 e. The lowest BCUT2D eigenvalue weighted by molar-refractivity contribution is -0.121. The van der Waals surface area contributed by atoms with Gasteiger partial charge in [0.25, 0.3) is 5.91 Å². The summed E-state index contributed by atoms with van der Waals surface area (Å²) in [5.41, 5.74) is 3.23. The highest BCUT2D eigenvalue weighted by atomic mass is 35.5. The van der Waals surface area contributed by atoms with Gasteiger partial charge in [-0.2, -0.15) is 0 Å². The van der Waals surface area contributed by atoms with Gasteiger partial charge in [-0.15, -0.1) is 11.3 Å². The van der Waals surface area contributed by atoms with E-state index in [9.17, 15) is 9.59 Å². The van der Waals surface area contributed by atoms with E-state index in [0.717, 1.165) is 34.6 Å². The number of aryl methyl sites for hydroxylation is 1. The zero-order valence-corrected chi connectivity index (χ0v) is 19.7. The van der Waals surface area contributed by atoms with Crippen molar-refractivity contribution in [1.29, 1.82) is 0 Å². The summed E-state index contributed by atoms with van der Waals surface area (Å²) < 4.78 is 1.92.